The summed E-state index contributed by atoms with van der Waals surface area (Å²) in [6.07, 6.45) is 0.484. The van der Waals surface area contributed by atoms with Crippen LogP contribution in [0.15, 0.2) is 18.2 Å². The molecule has 1 aromatic carbocycles. The minimum atomic E-state index is -0.977. The van der Waals surface area contributed by atoms with E-state index in [9.17, 15) is 4.79 Å². The largest absolute Gasteiger partial charge is 0.465 e. The topological polar surface area (TPSA) is 69.6 Å². The number of aliphatic hydroxyl groups excluding tert-OH is 1. The van der Waals surface area contributed by atoms with E-state index in [1.54, 1.807) is 0 Å². The van der Waals surface area contributed by atoms with Crippen LogP contribution in [-0.2, 0) is 19.4 Å². The third kappa shape index (κ3) is 2.10. The van der Waals surface area contributed by atoms with Gasteiger partial charge in [-0.05, 0) is 29.5 Å². The smallest absolute Gasteiger partial charge is 0.404 e. The van der Waals surface area contributed by atoms with Crippen molar-refractivity contribution in [1.82, 2.24) is 5.32 Å². The van der Waals surface area contributed by atoms with E-state index in [2.05, 4.69) is 5.32 Å². The van der Waals surface area contributed by atoms with E-state index >= 15 is 0 Å². The molecule has 0 aliphatic heterocycles. The van der Waals surface area contributed by atoms with Crippen molar-refractivity contribution in [2.75, 3.05) is 0 Å². The SMILES string of the molecule is O=C(O)NC1Cc2ccc(CO)cc2C1. The molecule has 0 spiro atoms. The summed E-state index contributed by atoms with van der Waals surface area (Å²) in [5, 5.41) is 20.1. The molecule has 2 rings (SSSR count). The number of aliphatic hydroxyl groups is 1. The Morgan fingerprint density at radius 3 is 2.80 bits per heavy atom. The Labute approximate surface area is 87.6 Å². The molecular weight excluding hydrogens is 194 g/mol. The zero-order valence-corrected chi connectivity index (χ0v) is 8.23. The average Bonchev–Trinajstić information content (AvgIpc) is 2.57. The van der Waals surface area contributed by atoms with Gasteiger partial charge in [-0.1, -0.05) is 18.2 Å². The number of nitrogens with one attached hydrogen (secondary N) is 1. The number of hydrogen-bond acceptors (Lipinski definition) is 2. The fourth-order valence-corrected chi connectivity index (χ4v) is 2.05. The fourth-order valence-electron chi connectivity index (χ4n) is 2.05. The third-order valence-electron chi connectivity index (χ3n) is 2.71. The van der Waals surface area contributed by atoms with Gasteiger partial charge in [-0.2, -0.15) is 0 Å². The summed E-state index contributed by atoms with van der Waals surface area (Å²) >= 11 is 0. The van der Waals surface area contributed by atoms with Crippen molar-refractivity contribution in [3.05, 3.63) is 34.9 Å². The average molecular weight is 207 g/mol. The summed E-state index contributed by atoms with van der Waals surface area (Å²) in [6, 6.07) is 5.76. The molecule has 3 N–H and O–H groups in total. The Morgan fingerprint density at radius 1 is 1.40 bits per heavy atom. The number of rotatable bonds is 2. The number of benzene rings is 1. The van der Waals surface area contributed by atoms with Crippen LogP contribution < -0.4 is 5.32 Å². The van der Waals surface area contributed by atoms with E-state index in [-0.39, 0.29) is 12.6 Å². The number of fused-ring (bicyclic) bond motifs is 1. The lowest BCUT2D eigenvalue weighted by molar-refractivity contribution is 0.190. The van der Waals surface area contributed by atoms with Gasteiger partial charge in [-0.15, -0.1) is 0 Å². The van der Waals surface area contributed by atoms with E-state index in [1.165, 1.54) is 5.56 Å². The van der Waals surface area contributed by atoms with Crippen LogP contribution in [-0.4, -0.2) is 22.3 Å². The van der Waals surface area contributed by atoms with Crippen LogP contribution >= 0.6 is 0 Å². The first-order valence-corrected chi connectivity index (χ1v) is 4.90. The molecule has 0 saturated carbocycles. The summed E-state index contributed by atoms with van der Waals surface area (Å²) in [7, 11) is 0. The second-order valence-electron chi connectivity index (χ2n) is 3.82. The molecular formula is C11H13NO3. The van der Waals surface area contributed by atoms with Gasteiger partial charge in [0.2, 0.25) is 0 Å². The Balaban J connectivity index is 2.13. The van der Waals surface area contributed by atoms with Gasteiger partial charge < -0.3 is 15.5 Å². The highest BCUT2D eigenvalue weighted by molar-refractivity contribution is 5.65. The van der Waals surface area contributed by atoms with Gasteiger partial charge in [0.15, 0.2) is 0 Å². The second kappa shape index (κ2) is 3.90. The summed E-state index contributed by atoms with van der Waals surface area (Å²) in [5.74, 6) is 0. The van der Waals surface area contributed by atoms with Crippen molar-refractivity contribution < 1.29 is 15.0 Å². The fraction of sp³-hybridized carbons (Fsp3) is 0.364. The Morgan fingerprint density at radius 2 is 2.13 bits per heavy atom. The third-order valence-corrected chi connectivity index (χ3v) is 2.71. The molecule has 1 atom stereocenters. The van der Waals surface area contributed by atoms with Crippen molar-refractivity contribution in [2.24, 2.45) is 0 Å². The first-order valence-electron chi connectivity index (χ1n) is 4.90. The highest BCUT2D eigenvalue weighted by Crippen LogP contribution is 2.23. The van der Waals surface area contributed by atoms with Gasteiger partial charge >= 0.3 is 6.09 Å². The Hall–Kier alpha value is -1.55. The predicted octanol–water partition coefficient (Wildman–Crippen LogP) is 0.914. The molecule has 4 heteroatoms. The molecule has 1 aromatic rings. The summed E-state index contributed by atoms with van der Waals surface area (Å²) in [6.45, 7) is 0.0320. The first-order chi connectivity index (χ1) is 7.19. The minimum Gasteiger partial charge on any atom is -0.465 e. The number of hydrogen-bond donors (Lipinski definition) is 3. The lowest BCUT2D eigenvalue weighted by Crippen LogP contribution is -2.33. The lowest BCUT2D eigenvalue weighted by Gasteiger charge is -2.07. The molecule has 1 aliphatic rings. The monoisotopic (exact) mass is 207 g/mol. The number of amides is 1. The van der Waals surface area contributed by atoms with Gasteiger partial charge in [0.1, 0.15) is 0 Å². The van der Waals surface area contributed by atoms with Crippen LogP contribution in [0.3, 0.4) is 0 Å². The summed E-state index contributed by atoms with van der Waals surface area (Å²) < 4.78 is 0. The van der Waals surface area contributed by atoms with Gasteiger partial charge in [0.05, 0.1) is 6.61 Å². The van der Waals surface area contributed by atoms with Crippen LogP contribution in [0.2, 0.25) is 0 Å². The minimum absolute atomic E-state index is 0.0218. The van der Waals surface area contributed by atoms with Crippen molar-refractivity contribution in [3.8, 4) is 0 Å². The second-order valence-corrected chi connectivity index (χ2v) is 3.82. The molecule has 1 aliphatic carbocycles. The number of carboxylic acid groups (broad SMARTS) is 1. The van der Waals surface area contributed by atoms with E-state index in [0.29, 0.717) is 0 Å². The number of carbonyl (C=O) groups is 1. The highest BCUT2D eigenvalue weighted by Gasteiger charge is 2.22. The van der Waals surface area contributed by atoms with Gasteiger partial charge in [-0.25, -0.2) is 4.79 Å². The standard InChI is InChI=1S/C11H13NO3/c13-6-7-1-2-8-4-10(12-11(14)15)5-9(8)3-7/h1-3,10,12-13H,4-6H2,(H,14,15). The van der Waals surface area contributed by atoms with Crippen molar-refractivity contribution in [2.45, 2.75) is 25.5 Å². The molecule has 15 heavy (non-hydrogen) atoms. The van der Waals surface area contributed by atoms with E-state index in [4.69, 9.17) is 10.2 Å². The highest BCUT2D eigenvalue weighted by atomic mass is 16.4. The van der Waals surface area contributed by atoms with Crippen molar-refractivity contribution in [1.29, 1.82) is 0 Å². The van der Waals surface area contributed by atoms with E-state index < -0.39 is 6.09 Å². The van der Waals surface area contributed by atoms with Crippen LogP contribution in [0.5, 0.6) is 0 Å². The maximum Gasteiger partial charge on any atom is 0.404 e. The van der Waals surface area contributed by atoms with E-state index in [0.717, 1.165) is 24.0 Å². The molecule has 0 fully saturated rings. The molecule has 0 saturated heterocycles. The predicted molar refractivity (Wildman–Crippen MR) is 54.7 cm³/mol. The first kappa shape index (κ1) is 9.98. The van der Waals surface area contributed by atoms with Crippen molar-refractivity contribution in [3.63, 3.8) is 0 Å². The van der Waals surface area contributed by atoms with Gasteiger partial charge in [0, 0.05) is 6.04 Å². The van der Waals surface area contributed by atoms with E-state index in [1.807, 2.05) is 18.2 Å². The van der Waals surface area contributed by atoms with Crippen LogP contribution in [0.4, 0.5) is 4.79 Å². The molecule has 1 amide bonds. The van der Waals surface area contributed by atoms with Gasteiger partial charge in [0.25, 0.3) is 0 Å². The molecule has 4 nitrogen and oxygen atoms in total. The van der Waals surface area contributed by atoms with Gasteiger partial charge in [-0.3, -0.25) is 0 Å². The maximum absolute atomic E-state index is 10.5. The Kier molecular flexibility index (Phi) is 2.60. The molecule has 0 heterocycles. The zero-order chi connectivity index (χ0) is 10.8. The molecule has 0 bridgehead atoms. The summed E-state index contributed by atoms with van der Waals surface area (Å²) in [5.41, 5.74) is 3.19. The van der Waals surface area contributed by atoms with Crippen LogP contribution in [0, 0.1) is 0 Å². The molecule has 0 aromatic heterocycles. The lowest BCUT2D eigenvalue weighted by atomic mass is 10.1. The van der Waals surface area contributed by atoms with Crippen LogP contribution in [0.1, 0.15) is 16.7 Å². The summed E-state index contributed by atoms with van der Waals surface area (Å²) in [4.78, 5) is 10.5. The van der Waals surface area contributed by atoms with Crippen LogP contribution in [0.25, 0.3) is 0 Å². The maximum atomic E-state index is 10.5. The zero-order valence-electron chi connectivity index (χ0n) is 8.23. The van der Waals surface area contributed by atoms with Crippen molar-refractivity contribution >= 4 is 6.09 Å². The Bertz CT molecular complexity index is 389. The molecule has 0 radical (unpaired) electrons. The molecule has 1 unspecified atom stereocenters. The molecule has 80 valence electrons. The quantitative estimate of drug-likeness (QED) is 0.675. The normalized spacial score (nSPS) is 18.6.